The lowest BCUT2D eigenvalue weighted by molar-refractivity contribution is -0.149. The zero-order valence-corrected chi connectivity index (χ0v) is 11.7. The first-order valence-corrected chi connectivity index (χ1v) is 6.91. The first-order chi connectivity index (χ1) is 8.54. The Kier molecular flexibility index (Phi) is 6.16. The fourth-order valence-corrected chi connectivity index (χ4v) is 2.48. The van der Waals surface area contributed by atoms with E-state index in [9.17, 15) is 9.59 Å². The molecule has 1 saturated carbocycles. The number of carbonyl (C=O) groups is 2. The zero-order valence-electron chi connectivity index (χ0n) is 11.7. The van der Waals surface area contributed by atoms with E-state index in [0.717, 1.165) is 12.8 Å². The Labute approximate surface area is 109 Å². The van der Waals surface area contributed by atoms with Crippen LogP contribution in [-0.2, 0) is 14.3 Å². The Morgan fingerprint density at radius 1 is 1.22 bits per heavy atom. The third-order valence-electron chi connectivity index (χ3n) is 3.68. The molecule has 0 unspecified atom stereocenters. The molecule has 1 fully saturated rings. The van der Waals surface area contributed by atoms with Crippen LogP contribution in [-0.4, -0.2) is 25.0 Å². The molecule has 1 aliphatic rings. The molecule has 1 N–H and O–H groups in total. The van der Waals surface area contributed by atoms with Crippen LogP contribution in [0.1, 0.15) is 52.4 Å². The minimum Gasteiger partial charge on any atom is -0.469 e. The molecule has 0 aromatic carbocycles. The lowest BCUT2D eigenvalue weighted by atomic mass is 9.91. The number of hydrogen-bond donors (Lipinski definition) is 1. The molecule has 1 aliphatic carbocycles. The highest BCUT2D eigenvalue weighted by Gasteiger charge is 2.27. The Balaban J connectivity index is 2.42. The minimum absolute atomic E-state index is 0.0222. The Morgan fingerprint density at radius 2 is 1.83 bits per heavy atom. The van der Waals surface area contributed by atoms with Gasteiger partial charge in [0.2, 0.25) is 5.91 Å². The van der Waals surface area contributed by atoms with Crippen molar-refractivity contribution in [2.24, 2.45) is 11.8 Å². The lowest BCUT2D eigenvalue weighted by Gasteiger charge is -2.24. The fraction of sp³-hybridized carbons (Fsp3) is 0.857. The highest BCUT2D eigenvalue weighted by molar-refractivity contribution is 5.83. The summed E-state index contributed by atoms with van der Waals surface area (Å²) in [5, 5.41) is 3.04. The smallest absolute Gasteiger partial charge is 0.309 e. The molecule has 4 heteroatoms. The molecule has 0 heterocycles. The molecule has 0 saturated heterocycles. The SMILES string of the molecule is COC(=O)[C@@H](CC(=O)NC1CCCCC1)C(C)C. The summed E-state index contributed by atoms with van der Waals surface area (Å²) in [6.07, 6.45) is 6.02. The second-order valence-corrected chi connectivity index (χ2v) is 5.48. The summed E-state index contributed by atoms with van der Waals surface area (Å²) in [6.45, 7) is 3.88. The molecule has 0 aromatic rings. The van der Waals surface area contributed by atoms with Gasteiger partial charge >= 0.3 is 5.97 Å². The van der Waals surface area contributed by atoms with Gasteiger partial charge in [-0.05, 0) is 18.8 Å². The van der Waals surface area contributed by atoms with Crippen LogP contribution in [0.25, 0.3) is 0 Å². The maximum Gasteiger partial charge on any atom is 0.309 e. The minimum atomic E-state index is -0.335. The highest BCUT2D eigenvalue weighted by atomic mass is 16.5. The van der Waals surface area contributed by atoms with Crippen molar-refractivity contribution in [2.75, 3.05) is 7.11 Å². The molecule has 1 rings (SSSR count). The monoisotopic (exact) mass is 255 g/mol. The molecule has 1 amide bonds. The van der Waals surface area contributed by atoms with E-state index < -0.39 is 0 Å². The summed E-state index contributed by atoms with van der Waals surface area (Å²) in [5.41, 5.74) is 0. The van der Waals surface area contributed by atoms with Crippen molar-refractivity contribution >= 4 is 11.9 Å². The summed E-state index contributed by atoms with van der Waals surface area (Å²) in [5.74, 6) is -0.525. The standard InChI is InChI=1S/C14H25NO3/c1-10(2)12(14(17)18-3)9-13(16)15-11-7-5-4-6-8-11/h10-12H,4-9H2,1-3H3,(H,15,16)/t12-/m0/s1. The maximum absolute atomic E-state index is 11.9. The van der Waals surface area contributed by atoms with Crippen molar-refractivity contribution in [3.05, 3.63) is 0 Å². The number of amides is 1. The van der Waals surface area contributed by atoms with Crippen LogP contribution >= 0.6 is 0 Å². The molecule has 18 heavy (non-hydrogen) atoms. The van der Waals surface area contributed by atoms with Crippen LogP contribution in [0, 0.1) is 11.8 Å². The number of methoxy groups -OCH3 is 1. The molecule has 0 aliphatic heterocycles. The molecule has 0 aromatic heterocycles. The Hall–Kier alpha value is -1.06. The van der Waals surface area contributed by atoms with Crippen LogP contribution < -0.4 is 5.32 Å². The van der Waals surface area contributed by atoms with Crippen LogP contribution in [0.15, 0.2) is 0 Å². The van der Waals surface area contributed by atoms with Gasteiger partial charge in [-0.3, -0.25) is 9.59 Å². The summed E-state index contributed by atoms with van der Waals surface area (Å²) < 4.78 is 4.75. The molecule has 0 radical (unpaired) electrons. The normalized spacial score (nSPS) is 18.4. The van der Waals surface area contributed by atoms with Crippen LogP contribution in [0.5, 0.6) is 0 Å². The Morgan fingerprint density at radius 3 is 2.33 bits per heavy atom. The molecule has 1 atom stereocenters. The summed E-state index contributed by atoms with van der Waals surface area (Å²) in [4.78, 5) is 23.5. The van der Waals surface area contributed by atoms with Gasteiger partial charge in [0, 0.05) is 12.5 Å². The number of esters is 1. The van der Waals surface area contributed by atoms with E-state index >= 15 is 0 Å². The van der Waals surface area contributed by atoms with Gasteiger partial charge in [0.25, 0.3) is 0 Å². The quantitative estimate of drug-likeness (QED) is 0.767. The highest BCUT2D eigenvalue weighted by Crippen LogP contribution is 2.20. The topological polar surface area (TPSA) is 55.4 Å². The van der Waals surface area contributed by atoms with Crippen molar-refractivity contribution in [3.63, 3.8) is 0 Å². The third kappa shape index (κ3) is 4.67. The van der Waals surface area contributed by atoms with Gasteiger partial charge < -0.3 is 10.1 Å². The number of hydrogen-bond acceptors (Lipinski definition) is 3. The molecule has 0 bridgehead atoms. The first-order valence-electron chi connectivity index (χ1n) is 6.91. The van der Waals surface area contributed by atoms with E-state index in [1.165, 1.54) is 26.4 Å². The molecular formula is C14H25NO3. The molecule has 104 valence electrons. The zero-order chi connectivity index (χ0) is 13.5. The maximum atomic E-state index is 11.9. The van der Waals surface area contributed by atoms with Gasteiger partial charge in [-0.25, -0.2) is 0 Å². The Bertz CT molecular complexity index is 283. The molecule has 0 spiro atoms. The van der Waals surface area contributed by atoms with E-state index in [1.54, 1.807) is 0 Å². The summed E-state index contributed by atoms with van der Waals surface area (Å²) >= 11 is 0. The average molecular weight is 255 g/mol. The average Bonchev–Trinajstić information content (AvgIpc) is 2.36. The van der Waals surface area contributed by atoms with Crippen molar-refractivity contribution in [2.45, 2.75) is 58.4 Å². The van der Waals surface area contributed by atoms with E-state index in [0.29, 0.717) is 6.04 Å². The van der Waals surface area contributed by atoms with Crippen LogP contribution in [0.3, 0.4) is 0 Å². The fourth-order valence-electron chi connectivity index (χ4n) is 2.48. The van der Waals surface area contributed by atoms with Gasteiger partial charge in [-0.1, -0.05) is 33.1 Å². The van der Waals surface area contributed by atoms with Gasteiger partial charge in [0.1, 0.15) is 0 Å². The predicted molar refractivity (Wildman–Crippen MR) is 70.0 cm³/mol. The number of nitrogens with one attached hydrogen (secondary N) is 1. The van der Waals surface area contributed by atoms with Gasteiger partial charge in [-0.2, -0.15) is 0 Å². The molecular weight excluding hydrogens is 230 g/mol. The van der Waals surface area contributed by atoms with Gasteiger partial charge in [0.15, 0.2) is 0 Å². The molecule has 4 nitrogen and oxygen atoms in total. The summed E-state index contributed by atoms with van der Waals surface area (Å²) in [7, 11) is 1.37. The number of rotatable bonds is 5. The van der Waals surface area contributed by atoms with Crippen molar-refractivity contribution < 1.29 is 14.3 Å². The number of ether oxygens (including phenoxy) is 1. The van der Waals surface area contributed by atoms with Crippen molar-refractivity contribution in [1.82, 2.24) is 5.32 Å². The van der Waals surface area contributed by atoms with Gasteiger partial charge in [0.05, 0.1) is 13.0 Å². The van der Waals surface area contributed by atoms with E-state index in [-0.39, 0.29) is 30.1 Å². The second-order valence-electron chi connectivity index (χ2n) is 5.48. The van der Waals surface area contributed by atoms with Crippen molar-refractivity contribution in [3.8, 4) is 0 Å². The van der Waals surface area contributed by atoms with Gasteiger partial charge in [-0.15, -0.1) is 0 Å². The second kappa shape index (κ2) is 7.39. The third-order valence-corrected chi connectivity index (χ3v) is 3.68. The summed E-state index contributed by atoms with van der Waals surface area (Å²) in [6, 6.07) is 0.303. The first kappa shape index (κ1) is 15.0. The van der Waals surface area contributed by atoms with Crippen LogP contribution in [0.4, 0.5) is 0 Å². The number of carbonyl (C=O) groups excluding carboxylic acids is 2. The van der Waals surface area contributed by atoms with E-state index in [4.69, 9.17) is 4.74 Å². The van der Waals surface area contributed by atoms with E-state index in [2.05, 4.69) is 5.32 Å². The lowest BCUT2D eigenvalue weighted by Crippen LogP contribution is -2.38. The predicted octanol–water partition coefficient (Wildman–Crippen LogP) is 2.27. The van der Waals surface area contributed by atoms with Crippen molar-refractivity contribution in [1.29, 1.82) is 0 Å². The largest absolute Gasteiger partial charge is 0.469 e. The van der Waals surface area contributed by atoms with Crippen LogP contribution in [0.2, 0.25) is 0 Å². The van der Waals surface area contributed by atoms with E-state index in [1.807, 2.05) is 13.8 Å².